The van der Waals surface area contributed by atoms with Gasteiger partial charge in [-0.15, -0.1) is 0 Å². The van der Waals surface area contributed by atoms with Gasteiger partial charge in [0, 0.05) is 25.9 Å². The highest BCUT2D eigenvalue weighted by Crippen LogP contribution is 2.36. The largest absolute Gasteiger partial charge is 0.416 e. The number of rotatable bonds is 9. The van der Waals surface area contributed by atoms with E-state index < -0.39 is 23.5 Å². The second kappa shape index (κ2) is 11.5. The van der Waals surface area contributed by atoms with Gasteiger partial charge in [-0.05, 0) is 35.7 Å². The fourth-order valence-corrected chi connectivity index (χ4v) is 4.92. The molecule has 1 aromatic heterocycles. The summed E-state index contributed by atoms with van der Waals surface area (Å²) in [4.78, 5) is 13.3. The topological polar surface area (TPSA) is 51.9 Å². The molecule has 6 nitrogen and oxygen atoms in total. The summed E-state index contributed by atoms with van der Waals surface area (Å²) < 4.78 is 83.6. The maximum Gasteiger partial charge on any atom is 0.416 e. The first-order valence-corrected chi connectivity index (χ1v) is 12.9. The van der Waals surface area contributed by atoms with E-state index in [0.717, 1.165) is 54.9 Å². The standard InChI is InChI=1S/C27H32F6N5O/c1-38(14-10-34-11-15-38)13-5-12-37-25(39)36(19-20-6-3-2-4-7-20)24(35-37)9-8-21-16-22(26(28,29)30)18-23(17-21)27(31,32)33/h2-4,6-7,16-18,34H,5,8-15,19H2,1H3/q+1. The summed E-state index contributed by atoms with van der Waals surface area (Å²) in [6.45, 7) is 5.26. The molecule has 4 rings (SSSR count). The molecule has 0 aliphatic carbocycles. The van der Waals surface area contributed by atoms with E-state index in [-0.39, 0.29) is 36.7 Å². The molecule has 1 N–H and O–H groups in total. The highest BCUT2D eigenvalue weighted by atomic mass is 19.4. The second-order valence-electron chi connectivity index (χ2n) is 10.3. The number of aromatic nitrogens is 3. The fraction of sp³-hybridized carbons (Fsp3) is 0.481. The van der Waals surface area contributed by atoms with Gasteiger partial charge in [0.05, 0.1) is 50.9 Å². The van der Waals surface area contributed by atoms with Crippen LogP contribution in [0.15, 0.2) is 53.3 Å². The minimum absolute atomic E-state index is 0.00707. The number of hydrogen-bond donors (Lipinski definition) is 1. The van der Waals surface area contributed by atoms with Crippen LogP contribution in [0.2, 0.25) is 0 Å². The van der Waals surface area contributed by atoms with Crippen molar-refractivity contribution >= 4 is 0 Å². The molecule has 39 heavy (non-hydrogen) atoms. The molecule has 0 radical (unpaired) electrons. The summed E-state index contributed by atoms with van der Waals surface area (Å²) in [5.74, 6) is 0.317. The van der Waals surface area contributed by atoms with Crippen molar-refractivity contribution in [2.75, 3.05) is 39.8 Å². The van der Waals surface area contributed by atoms with Gasteiger partial charge in [0.15, 0.2) is 0 Å². The molecule has 0 spiro atoms. The van der Waals surface area contributed by atoms with Crippen LogP contribution in [0.1, 0.15) is 34.5 Å². The molecule has 1 aliphatic rings. The first-order chi connectivity index (χ1) is 18.3. The van der Waals surface area contributed by atoms with Gasteiger partial charge in [-0.1, -0.05) is 30.3 Å². The molecule has 2 aromatic carbocycles. The van der Waals surface area contributed by atoms with Crippen LogP contribution in [-0.4, -0.2) is 58.6 Å². The second-order valence-corrected chi connectivity index (χ2v) is 10.3. The molecule has 1 fully saturated rings. The predicted octanol–water partition coefficient (Wildman–Crippen LogP) is 4.36. The first-order valence-electron chi connectivity index (χ1n) is 12.9. The van der Waals surface area contributed by atoms with Crippen LogP contribution >= 0.6 is 0 Å². The summed E-state index contributed by atoms with van der Waals surface area (Å²) in [6, 6.07) is 10.7. The van der Waals surface area contributed by atoms with Crippen LogP contribution in [0.4, 0.5) is 26.3 Å². The number of hydrogen-bond acceptors (Lipinski definition) is 3. The third kappa shape index (κ3) is 7.51. The van der Waals surface area contributed by atoms with Crippen molar-refractivity contribution in [3.05, 3.63) is 87.1 Å². The molecule has 0 amide bonds. The summed E-state index contributed by atoms with van der Waals surface area (Å²) in [5.41, 5.74) is -2.36. The molecular formula is C27H32F6N5O+. The average Bonchev–Trinajstić information content (AvgIpc) is 3.16. The van der Waals surface area contributed by atoms with Crippen molar-refractivity contribution < 1.29 is 30.8 Å². The van der Waals surface area contributed by atoms with Crippen LogP contribution in [0, 0.1) is 0 Å². The number of alkyl halides is 6. The van der Waals surface area contributed by atoms with Crippen LogP contribution in [0.3, 0.4) is 0 Å². The van der Waals surface area contributed by atoms with Gasteiger partial charge in [0.1, 0.15) is 5.82 Å². The number of halogens is 6. The van der Waals surface area contributed by atoms with Gasteiger partial charge in [-0.25, -0.2) is 9.48 Å². The Balaban J connectivity index is 1.58. The van der Waals surface area contributed by atoms with E-state index in [9.17, 15) is 31.1 Å². The maximum absolute atomic E-state index is 13.3. The zero-order valence-electron chi connectivity index (χ0n) is 21.7. The Bertz CT molecular complexity index is 1270. The van der Waals surface area contributed by atoms with Crippen molar-refractivity contribution in [1.82, 2.24) is 19.7 Å². The van der Waals surface area contributed by atoms with E-state index in [1.54, 1.807) is 0 Å². The normalized spacial score (nSPS) is 16.0. The molecule has 1 saturated heterocycles. The third-order valence-electron chi connectivity index (χ3n) is 7.19. The molecule has 3 aromatic rings. The van der Waals surface area contributed by atoms with E-state index in [4.69, 9.17) is 0 Å². The molecule has 12 heteroatoms. The molecule has 0 unspecified atom stereocenters. The molecule has 0 atom stereocenters. The van der Waals surface area contributed by atoms with Gasteiger partial charge in [-0.2, -0.15) is 31.4 Å². The Morgan fingerprint density at radius 1 is 0.897 bits per heavy atom. The highest BCUT2D eigenvalue weighted by Gasteiger charge is 2.37. The summed E-state index contributed by atoms with van der Waals surface area (Å²) in [7, 11) is 2.17. The van der Waals surface area contributed by atoms with E-state index in [1.807, 2.05) is 30.3 Å². The number of quaternary nitrogens is 1. The van der Waals surface area contributed by atoms with E-state index in [0.29, 0.717) is 18.8 Å². The van der Waals surface area contributed by atoms with Crippen LogP contribution in [0.5, 0.6) is 0 Å². The van der Waals surface area contributed by atoms with E-state index in [1.165, 1.54) is 9.25 Å². The summed E-state index contributed by atoms with van der Waals surface area (Å²) >= 11 is 0. The zero-order valence-corrected chi connectivity index (χ0v) is 21.7. The third-order valence-corrected chi connectivity index (χ3v) is 7.19. The molecule has 0 bridgehead atoms. The Morgan fingerprint density at radius 3 is 2.10 bits per heavy atom. The quantitative estimate of drug-likeness (QED) is 0.315. The molecule has 1 aliphatic heterocycles. The first kappa shape index (κ1) is 28.9. The number of nitrogens with zero attached hydrogens (tertiary/aromatic N) is 4. The van der Waals surface area contributed by atoms with Gasteiger partial charge in [0.2, 0.25) is 0 Å². The lowest BCUT2D eigenvalue weighted by Gasteiger charge is -2.38. The molecule has 0 saturated carbocycles. The number of piperazine rings is 1. The minimum atomic E-state index is -4.92. The highest BCUT2D eigenvalue weighted by molar-refractivity contribution is 5.34. The van der Waals surface area contributed by atoms with Crippen molar-refractivity contribution in [2.45, 2.75) is 44.7 Å². The van der Waals surface area contributed by atoms with Crippen molar-refractivity contribution in [2.24, 2.45) is 0 Å². The lowest BCUT2D eigenvalue weighted by atomic mass is 10.0. The van der Waals surface area contributed by atoms with Gasteiger partial charge in [0.25, 0.3) is 0 Å². The smallest absolute Gasteiger partial charge is 0.324 e. The number of aryl methyl sites for hydroxylation is 3. The lowest BCUT2D eigenvalue weighted by Crippen LogP contribution is -2.56. The monoisotopic (exact) mass is 556 g/mol. The summed E-state index contributed by atoms with van der Waals surface area (Å²) in [5, 5.41) is 7.80. The number of likely N-dealkylation sites (N-methyl/N-ethyl adjacent to an activating group) is 1. The summed E-state index contributed by atoms with van der Waals surface area (Å²) in [6.07, 6.45) is -9.26. The predicted molar refractivity (Wildman–Crippen MR) is 134 cm³/mol. The van der Waals surface area contributed by atoms with E-state index >= 15 is 0 Å². The number of nitrogens with one attached hydrogen (secondary N) is 1. The van der Waals surface area contributed by atoms with Crippen molar-refractivity contribution in [3.8, 4) is 0 Å². The van der Waals surface area contributed by atoms with Crippen LogP contribution in [0.25, 0.3) is 0 Å². The van der Waals surface area contributed by atoms with Crippen molar-refractivity contribution in [3.63, 3.8) is 0 Å². The Hall–Kier alpha value is -3.12. The minimum Gasteiger partial charge on any atom is -0.324 e. The van der Waals surface area contributed by atoms with Gasteiger partial charge >= 0.3 is 18.0 Å². The Kier molecular flexibility index (Phi) is 8.55. The average molecular weight is 557 g/mol. The Labute approximate surface area is 222 Å². The number of benzene rings is 2. The van der Waals surface area contributed by atoms with Crippen LogP contribution in [-0.2, 0) is 38.3 Å². The van der Waals surface area contributed by atoms with Crippen molar-refractivity contribution in [1.29, 1.82) is 0 Å². The molecular weight excluding hydrogens is 524 g/mol. The molecule has 212 valence electrons. The Morgan fingerprint density at radius 2 is 1.51 bits per heavy atom. The van der Waals surface area contributed by atoms with E-state index in [2.05, 4.69) is 17.5 Å². The molecule has 2 heterocycles. The van der Waals surface area contributed by atoms with Gasteiger partial charge in [-0.3, -0.25) is 4.57 Å². The lowest BCUT2D eigenvalue weighted by molar-refractivity contribution is -0.911. The zero-order chi connectivity index (χ0) is 28.3. The SMILES string of the molecule is C[N+]1(CCCn2nc(CCc3cc(C(F)(F)F)cc(C(F)(F)F)c3)n(Cc3ccccc3)c2=O)CCNCC1. The van der Waals surface area contributed by atoms with Gasteiger partial charge < -0.3 is 9.80 Å². The fourth-order valence-electron chi connectivity index (χ4n) is 4.92. The maximum atomic E-state index is 13.3. The van der Waals surface area contributed by atoms with Crippen LogP contribution < -0.4 is 11.0 Å².